The van der Waals surface area contributed by atoms with Crippen LogP contribution in [0.5, 0.6) is 0 Å². The first-order valence-corrected chi connectivity index (χ1v) is 6.09. The third-order valence-electron chi connectivity index (χ3n) is 3.02. The zero-order valence-corrected chi connectivity index (χ0v) is 10.5. The molecule has 1 rings (SSSR count). The fourth-order valence-corrected chi connectivity index (χ4v) is 1.75. The van der Waals surface area contributed by atoms with E-state index in [2.05, 4.69) is 26.1 Å². The molecule has 0 radical (unpaired) electrons. The maximum Gasteiger partial charge on any atom is 0.123 e. The van der Waals surface area contributed by atoms with E-state index >= 15 is 0 Å². The molecule has 16 heavy (non-hydrogen) atoms. The molecule has 0 aromatic heterocycles. The van der Waals surface area contributed by atoms with Gasteiger partial charge in [0.25, 0.3) is 0 Å². The van der Waals surface area contributed by atoms with Crippen LogP contribution in [-0.2, 0) is 6.54 Å². The molecule has 0 spiro atoms. The number of hydrogen-bond donors (Lipinski definition) is 1. The van der Waals surface area contributed by atoms with E-state index in [1.165, 1.54) is 25.0 Å². The van der Waals surface area contributed by atoms with Crippen LogP contribution in [0.15, 0.2) is 24.3 Å². The highest BCUT2D eigenvalue weighted by atomic mass is 19.1. The van der Waals surface area contributed by atoms with Crippen LogP contribution in [0.25, 0.3) is 0 Å². The molecule has 1 nitrogen and oxygen atoms in total. The Morgan fingerprint density at radius 2 is 1.81 bits per heavy atom. The Balaban J connectivity index is 2.31. The highest BCUT2D eigenvalue weighted by molar-refractivity contribution is 5.15. The smallest absolute Gasteiger partial charge is 0.123 e. The van der Waals surface area contributed by atoms with E-state index in [1.807, 2.05) is 12.1 Å². The Bertz CT molecular complexity index is 294. The second-order valence-corrected chi connectivity index (χ2v) is 4.66. The number of rotatable bonds is 6. The Morgan fingerprint density at radius 1 is 1.19 bits per heavy atom. The molecule has 0 bridgehead atoms. The Kier molecular flexibility index (Phi) is 5.47. The number of nitrogens with one attached hydrogen (secondary N) is 1. The molecule has 0 saturated carbocycles. The first-order valence-electron chi connectivity index (χ1n) is 6.09. The quantitative estimate of drug-likeness (QED) is 0.774. The molecule has 1 aromatic carbocycles. The minimum absolute atomic E-state index is 0.170. The van der Waals surface area contributed by atoms with Crippen molar-refractivity contribution in [2.24, 2.45) is 5.92 Å². The van der Waals surface area contributed by atoms with Crippen LogP contribution >= 0.6 is 0 Å². The lowest BCUT2D eigenvalue weighted by atomic mass is 10.0. The molecule has 0 aliphatic rings. The fourth-order valence-electron chi connectivity index (χ4n) is 1.75. The number of hydrogen-bond acceptors (Lipinski definition) is 1. The predicted molar refractivity (Wildman–Crippen MR) is 66.8 cm³/mol. The third-order valence-corrected chi connectivity index (χ3v) is 3.02. The summed E-state index contributed by atoms with van der Waals surface area (Å²) < 4.78 is 12.7. The van der Waals surface area contributed by atoms with Gasteiger partial charge in [-0.25, -0.2) is 4.39 Å². The van der Waals surface area contributed by atoms with Gasteiger partial charge in [-0.2, -0.15) is 0 Å². The van der Waals surface area contributed by atoms with Crippen molar-refractivity contribution >= 4 is 0 Å². The maximum absolute atomic E-state index is 12.7. The van der Waals surface area contributed by atoms with Crippen molar-refractivity contribution in [1.82, 2.24) is 5.32 Å². The molecule has 0 saturated heterocycles. The van der Waals surface area contributed by atoms with E-state index < -0.39 is 0 Å². The normalized spacial score (nSPS) is 14.8. The molecule has 0 aliphatic carbocycles. The summed E-state index contributed by atoms with van der Waals surface area (Å²) in [6, 6.07) is 7.20. The van der Waals surface area contributed by atoms with Crippen LogP contribution in [0.4, 0.5) is 4.39 Å². The summed E-state index contributed by atoms with van der Waals surface area (Å²) in [6.07, 6.45) is 2.42. The Labute approximate surface area is 98.1 Å². The summed E-state index contributed by atoms with van der Waals surface area (Å²) in [6.45, 7) is 7.51. The van der Waals surface area contributed by atoms with Crippen LogP contribution in [0, 0.1) is 11.7 Å². The van der Waals surface area contributed by atoms with E-state index in [4.69, 9.17) is 0 Å². The van der Waals surface area contributed by atoms with Gasteiger partial charge in [0.2, 0.25) is 0 Å². The lowest BCUT2D eigenvalue weighted by molar-refractivity contribution is 0.412. The summed E-state index contributed by atoms with van der Waals surface area (Å²) in [7, 11) is 0. The highest BCUT2D eigenvalue weighted by Crippen LogP contribution is 2.10. The van der Waals surface area contributed by atoms with Crippen molar-refractivity contribution in [3.8, 4) is 0 Å². The molecule has 0 amide bonds. The van der Waals surface area contributed by atoms with Gasteiger partial charge in [-0.05, 0) is 37.0 Å². The SMILES string of the molecule is CCC(C)CC(C)NCc1ccc(F)cc1. The molecular weight excluding hydrogens is 201 g/mol. The van der Waals surface area contributed by atoms with E-state index in [0.29, 0.717) is 6.04 Å². The molecule has 2 atom stereocenters. The van der Waals surface area contributed by atoms with Crippen LogP contribution in [0.2, 0.25) is 0 Å². The number of halogens is 1. The molecule has 0 aliphatic heterocycles. The molecule has 0 heterocycles. The van der Waals surface area contributed by atoms with Gasteiger partial charge in [0, 0.05) is 12.6 Å². The van der Waals surface area contributed by atoms with Gasteiger partial charge in [-0.15, -0.1) is 0 Å². The van der Waals surface area contributed by atoms with Gasteiger partial charge in [-0.1, -0.05) is 32.4 Å². The summed E-state index contributed by atoms with van der Waals surface area (Å²) >= 11 is 0. The lowest BCUT2D eigenvalue weighted by Crippen LogP contribution is -2.27. The van der Waals surface area contributed by atoms with E-state index in [-0.39, 0.29) is 5.82 Å². The minimum atomic E-state index is -0.170. The van der Waals surface area contributed by atoms with Crippen LogP contribution < -0.4 is 5.32 Å². The van der Waals surface area contributed by atoms with Crippen molar-refractivity contribution in [2.45, 2.75) is 46.2 Å². The average Bonchev–Trinajstić information content (AvgIpc) is 2.28. The molecule has 1 aromatic rings. The van der Waals surface area contributed by atoms with Gasteiger partial charge < -0.3 is 5.32 Å². The zero-order valence-electron chi connectivity index (χ0n) is 10.5. The summed E-state index contributed by atoms with van der Waals surface area (Å²) in [5.41, 5.74) is 1.14. The monoisotopic (exact) mass is 223 g/mol. The van der Waals surface area contributed by atoms with E-state index in [0.717, 1.165) is 18.0 Å². The van der Waals surface area contributed by atoms with Gasteiger partial charge in [0.05, 0.1) is 0 Å². The lowest BCUT2D eigenvalue weighted by Gasteiger charge is -2.17. The van der Waals surface area contributed by atoms with Crippen LogP contribution in [-0.4, -0.2) is 6.04 Å². The summed E-state index contributed by atoms with van der Waals surface area (Å²) in [5.74, 6) is 0.590. The average molecular weight is 223 g/mol. The highest BCUT2D eigenvalue weighted by Gasteiger charge is 2.06. The van der Waals surface area contributed by atoms with Gasteiger partial charge in [0.15, 0.2) is 0 Å². The fraction of sp³-hybridized carbons (Fsp3) is 0.571. The molecule has 90 valence electrons. The first kappa shape index (κ1) is 13.2. The Hall–Kier alpha value is -0.890. The van der Waals surface area contributed by atoms with Crippen molar-refractivity contribution < 1.29 is 4.39 Å². The predicted octanol–water partition coefficient (Wildman–Crippen LogP) is 3.74. The maximum atomic E-state index is 12.7. The van der Waals surface area contributed by atoms with Crippen molar-refractivity contribution in [3.63, 3.8) is 0 Å². The van der Waals surface area contributed by atoms with E-state index in [1.54, 1.807) is 0 Å². The standard InChI is InChI=1S/C14H22FN/c1-4-11(2)9-12(3)16-10-13-5-7-14(15)8-6-13/h5-8,11-12,16H,4,9-10H2,1-3H3. The topological polar surface area (TPSA) is 12.0 Å². The van der Waals surface area contributed by atoms with E-state index in [9.17, 15) is 4.39 Å². The number of benzene rings is 1. The van der Waals surface area contributed by atoms with Crippen molar-refractivity contribution in [2.75, 3.05) is 0 Å². The Morgan fingerprint density at radius 3 is 2.38 bits per heavy atom. The third kappa shape index (κ3) is 4.75. The van der Waals surface area contributed by atoms with Crippen LogP contribution in [0.3, 0.4) is 0 Å². The summed E-state index contributed by atoms with van der Waals surface area (Å²) in [5, 5.41) is 3.46. The molecular formula is C14H22FN. The molecule has 1 N–H and O–H groups in total. The van der Waals surface area contributed by atoms with Gasteiger partial charge in [-0.3, -0.25) is 0 Å². The second kappa shape index (κ2) is 6.64. The molecule has 2 unspecified atom stereocenters. The van der Waals surface area contributed by atoms with Gasteiger partial charge in [0.1, 0.15) is 5.82 Å². The summed E-state index contributed by atoms with van der Waals surface area (Å²) in [4.78, 5) is 0. The minimum Gasteiger partial charge on any atom is -0.310 e. The van der Waals surface area contributed by atoms with Crippen molar-refractivity contribution in [1.29, 1.82) is 0 Å². The molecule has 0 fully saturated rings. The van der Waals surface area contributed by atoms with Crippen LogP contribution in [0.1, 0.15) is 39.2 Å². The van der Waals surface area contributed by atoms with Crippen molar-refractivity contribution in [3.05, 3.63) is 35.6 Å². The first-order chi connectivity index (χ1) is 7.61. The molecule has 2 heteroatoms. The largest absolute Gasteiger partial charge is 0.310 e. The zero-order chi connectivity index (χ0) is 12.0. The second-order valence-electron chi connectivity index (χ2n) is 4.66. The van der Waals surface area contributed by atoms with Gasteiger partial charge >= 0.3 is 0 Å².